The van der Waals surface area contributed by atoms with E-state index in [1.807, 2.05) is 0 Å². The van der Waals surface area contributed by atoms with Crippen LogP contribution < -0.4 is 4.74 Å². The van der Waals surface area contributed by atoms with Gasteiger partial charge in [0.15, 0.2) is 6.29 Å². The highest BCUT2D eigenvalue weighted by Crippen LogP contribution is 2.18. The van der Waals surface area contributed by atoms with Crippen molar-refractivity contribution in [1.29, 1.82) is 0 Å². The second-order valence-corrected chi connectivity index (χ2v) is 2.50. The number of hydrogen-bond acceptors (Lipinski definition) is 2. The van der Waals surface area contributed by atoms with Gasteiger partial charge in [-0.05, 0) is 12.1 Å². The van der Waals surface area contributed by atoms with Gasteiger partial charge in [-0.25, -0.2) is 13.2 Å². The topological polar surface area (TPSA) is 26.3 Å². The van der Waals surface area contributed by atoms with Gasteiger partial charge < -0.3 is 4.74 Å². The minimum Gasteiger partial charge on any atom is -0.487 e. The summed E-state index contributed by atoms with van der Waals surface area (Å²) in [5.41, 5.74) is 0.0482. The largest absolute Gasteiger partial charge is 0.487 e. The summed E-state index contributed by atoms with van der Waals surface area (Å²) in [7, 11) is 0. The number of carbonyl (C=O) groups is 1. The maximum Gasteiger partial charge on any atom is 0.272 e. The van der Waals surface area contributed by atoms with Crippen LogP contribution in [0.4, 0.5) is 13.2 Å². The molecule has 1 aromatic rings. The lowest BCUT2D eigenvalue weighted by molar-refractivity contribution is 0.0807. The Morgan fingerprint density at radius 1 is 1.43 bits per heavy atom. The molecule has 14 heavy (non-hydrogen) atoms. The molecule has 0 saturated heterocycles. The Balaban J connectivity index is 2.82. The molecule has 0 radical (unpaired) electrons. The molecule has 0 aliphatic rings. The Labute approximate surface area is 78.3 Å². The summed E-state index contributed by atoms with van der Waals surface area (Å²) in [4.78, 5) is 10.4. The number of hydrogen-bond donors (Lipinski definition) is 0. The highest BCUT2D eigenvalue weighted by atomic mass is 19.3. The Kier molecular flexibility index (Phi) is 3.50. The van der Waals surface area contributed by atoms with Crippen LogP contribution in [0.1, 0.15) is 10.4 Å². The minimum atomic E-state index is -2.65. The van der Waals surface area contributed by atoms with Crippen molar-refractivity contribution in [2.24, 2.45) is 0 Å². The summed E-state index contributed by atoms with van der Waals surface area (Å²) in [5, 5.41) is 0. The molecule has 0 N–H and O–H groups in total. The second-order valence-electron chi connectivity index (χ2n) is 2.50. The lowest BCUT2D eigenvalue weighted by Gasteiger charge is -2.07. The van der Waals surface area contributed by atoms with Gasteiger partial charge in [-0.2, -0.15) is 0 Å². The highest BCUT2D eigenvalue weighted by Gasteiger charge is 2.08. The molecule has 1 rings (SSSR count). The minimum absolute atomic E-state index is 0.0482. The maximum absolute atomic E-state index is 12.6. The summed E-state index contributed by atoms with van der Waals surface area (Å²) in [6.07, 6.45) is -2.24. The molecular formula is C9H7F3O2. The van der Waals surface area contributed by atoms with Crippen LogP contribution in [0, 0.1) is 5.82 Å². The van der Waals surface area contributed by atoms with E-state index in [0.717, 1.165) is 12.1 Å². The molecule has 5 heteroatoms. The van der Waals surface area contributed by atoms with Crippen molar-refractivity contribution in [3.05, 3.63) is 29.6 Å². The zero-order valence-electron chi connectivity index (χ0n) is 7.04. The summed E-state index contributed by atoms with van der Waals surface area (Å²) < 4.78 is 40.7. The Morgan fingerprint density at radius 2 is 2.14 bits per heavy atom. The van der Waals surface area contributed by atoms with Gasteiger partial charge in [0.1, 0.15) is 18.2 Å². The molecule has 0 aliphatic carbocycles. The van der Waals surface area contributed by atoms with Gasteiger partial charge in [0.25, 0.3) is 6.43 Å². The third-order valence-corrected chi connectivity index (χ3v) is 1.47. The van der Waals surface area contributed by atoms with E-state index in [1.54, 1.807) is 0 Å². The third-order valence-electron chi connectivity index (χ3n) is 1.47. The molecule has 0 atom stereocenters. The average Bonchev–Trinajstić information content (AvgIpc) is 2.15. The van der Waals surface area contributed by atoms with Crippen molar-refractivity contribution in [1.82, 2.24) is 0 Å². The van der Waals surface area contributed by atoms with Gasteiger partial charge in [-0.3, -0.25) is 4.79 Å². The SMILES string of the molecule is O=Cc1ccc(F)cc1OCC(F)F. The van der Waals surface area contributed by atoms with E-state index < -0.39 is 18.8 Å². The van der Waals surface area contributed by atoms with E-state index in [4.69, 9.17) is 0 Å². The predicted molar refractivity (Wildman–Crippen MR) is 43.3 cm³/mol. The van der Waals surface area contributed by atoms with E-state index in [-0.39, 0.29) is 11.3 Å². The zero-order valence-corrected chi connectivity index (χ0v) is 7.04. The number of carbonyl (C=O) groups excluding carboxylic acids is 1. The smallest absolute Gasteiger partial charge is 0.272 e. The molecule has 0 amide bonds. The van der Waals surface area contributed by atoms with Crippen molar-refractivity contribution < 1.29 is 22.7 Å². The molecule has 0 spiro atoms. The standard InChI is InChI=1S/C9H7F3O2/c10-7-2-1-6(4-13)8(3-7)14-5-9(11)12/h1-4,9H,5H2. The van der Waals surface area contributed by atoms with Crippen LogP contribution in [0.2, 0.25) is 0 Å². The van der Waals surface area contributed by atoms with Crippen LogP contribution in [-0.4, -0.2) is 19.3 Å². The monoisotopic (exact) mass is 204 g/mol. The molecule has 0 aliphatic heterocycles. The number of halogens is 3. The first-order valence-corrected chi connectivity index (χ1v) is 3.79. The first-order valence-electron chi connectivity index (χ1n) is 3.79. The van der Waals surface area contributed by atoms with E-state index in [0.29, 0.717) is 6.29 Å². The lowest BCUT2D eigenvalue weighted by Crippen LogP contribution is -2.08. The van der Waals surface area contributed by atoms with E-state index in [1.165, 1.54) is 6.07 Å². The van der Waals surface area contributed by atoms with Crippen molar-refractivity contribution in [2.45, 2.75) is 6.43 Å². The molecule has 0 heterocycles. The third kappa shape index (κ3) is 2.76. The lowest BCUT2D eigenvalue weighted by atomic mass is 10.2. The fraction of sp³-hybridized carbons (Fsp3) is 0.222. The molecule has 0 unspecified atom stereocenters. The van der Waals surface area contributed by atoms with Crippen LogP contribution in [0.15, 0.2) is 18.2 Å². The quantitative estimate of drug-likeness (QED) is 0.703. The van der Waals surface area contributed by atoms with Crippen LogP contribution in [0.25, 0.3) is 0 Å². The van der Waals surface area contributed by atoms with E-state index in [2.05, 4.69) is 4.74 Å². The summed E-state index contributed by atoms with van der Waals surface area (Å²) in [5.74, 6) is -0.805. The van der Waals surface area contributed by atoms with Gasteiger partial charge in [-0.1, -0.05) is 0 Å². The Hall–Kier alpha value is -1.52. The van der Waals surface area contributed by atoms with Crippen LogP contribution in [-0.2, 0) is 0 Å². The van der Waals surface area contributed by atoms with Gasteiger partial charge in [0.05, 0.1) is 5.56 Å². The van der Waals surface area contributed by atoms with Crippen molar-refractivity contribution in [3.8, 4) is 5.75 Å². The molecule has 76 valence electrons. The Bertz CT molecular complexity index is 326. The van der Waals surface area contributed by atoms with Crippen LogP contribution >= 0.6 is 0 Å². The first kappa shape index (κ1) is 10.6. The van der Waals surface area contributed by atoms with Crippen molar-refractivity contribution in [3.63, 3.8) is 0 Å². The zero-order chi connectivity index (χ0) is 10.6. The summed E-state index contributed by atoms with van der Waals surface area (Å²) >= 11 is 0. The molecule has 0 saturated carbocycles. The van der Waals surface area contributed by atoms with E-state index >= 15 is 0 Å². The maximum atomic E-state index is 12.6. The van der Waals surface area contributed by atoms with Crippen molar-refractivity contribution in [2.75, 3.05) is 6.61 Å². The molecule has 0 aromatic heterocycles. The van der Waals surface area contributed by atoms with Gasteiger partial charge in [0.2, 0.25) is 0 Å². The number of ether oxygens (including phenoxy) is 1. The van der Waals surface area contributed by atoms with Crippen LogP contribution in [0.5, 0.6) is 5.75 Å². The first-order chi connectivity index (χ1) is 6.63. The predicted octanol–water partition coefficient (Wildman–Crippen LogP) is 2.28. The van der Waals surface area contributed by atoms with Gasteiger partial charge >= 0.3 is 0 Å². The number of alkyl halides is 2. The fourth-order valence-corrected chi connectivity index (χ4v) is 0.883. The number of rotatable bonds is 4. The number of aldehydes is 1. The van der Waals surface area contributed by atoms with E-state index in [9.17, 15) is 18.0 Å². The second kappa shape index (κ2) is 4.64. The molecule has 0 fully saturated rings. The van der Waals surface area contributed by atoms with Gasteiger partial charge in [-0.15, -0.1) is 0 Å². The number of benzene rings is 1. The van der Waals surface area contributed by atoms with Crippen LogP contribution in [0.3, 0.4) is 0 Å². The average molecular weight is 204 g/mol. The van der Waals surface area contributed by atoms with Gasteiger partial charge in [0, 0.05) is 6.07 Å². The normalized spacial score (nSPS) is 10.3. The van der Waals surface area contributed by atoms with Crippen molar-refractivity contribution >= 4 is 6.29 Å². The summed E-state index contributed by atoms with van der Waals surface area (Å²) in [6, 6.07) is 3.12. The molecule has 0 bridgehead atoms. The fourth-order valence-electron chi connectivity index (χ4n) is 0.883. The summed E-state index contributed by atoms with van der Waals surface area (Å²) in [6.45, 7) is -0.857. The highest BCUT2D eigenvalue weighted by molar-refractivity contribution is 5.79. The Morgan fingerprint density at radius 3 is 2.71 bits per heavy atom. The molecule has 2 nitrogen and oxygen atoms in total. The molecule has 1 aromatic carbocycles. The molecular weight excluding hydrogens is 197 g/mol.